The van der Waals surface area contributed by atoms with E-state index in [0.717, 1.165) is 16.5 Å². The summed E-state index contributed by atoms with van der Waals surface area (Å²) in [5, 5.41) is 3.74. The molecule has 0 aromatic heterocycles. The van der Waals surface area contributed by atoms with Crippen LogP contribution in [-0.2, 0) is 4.79 Å². The van der Waals surface area contributed by atoms with E-state index in [1.54, 1.807) is 0 Å². The van der Waals surface area contributed by atoms with Gasteiger partial charge in [-0.05, 0) is 42.7 Å². The fraction of sp³-hybridized carbons (Fsp3) is 0.350. The van der Waals surface area contributed by atoms with Gasteiger partial charge in [0.05, 0.1) is 5.92 Å². The van der Waals surface area contributed by atoms with Crippen molar-refractivity contribution in [3.8, 4) is 0 Å². The molecule has 1 saturated carbocycles. The molecule has 126 valence electrons. The Morgan fingerprint density at radius 2 is 1.75 bits per heavy atom. The molecule has 1 aliphatic carbocycles. The van der Waals surface area contributed by atoms with Gasteiger partial charge in [-0.25, -0.2) is 0 Å². The summed E-state index contributed by atoms with van der Waals surface area (Å²) in [4.78, 5) is 13.8. The number of anilines is 1. The highest BCUT2D eigenvalue weighted by molar-refractivity contribution is 8.00. The summed E-state index contributed by atoms with van der Waals surface area (Å²) in [7, 11) is 0. The third-order valence-electron chi connectivity index (χ3n) is 4.48. The molecule has 0 radical (unpaired) electrons. The Morgan fingerprint density at radius 3 is 2.38 bits per heavy atom. The van der Waals surface area contributed by atoms with Crippen molar-refractivity contribution in [3.05, 3.63) is 60.2 Å². The zero-order chi connectivity index (χ0) is 16.8. The minimum Gasteiger partial charge on any atom is -0.329 e. The van der Waals surface area contributed by atoms with Crippen molar-refractivity contribution in [2.75, 3.05) is 11.9 Å². The maximum absolute atomic E-state index is 12.5. The molecule has 3 rings (SSSR count). The fourth-order valence-corrected chi connectivity index (χ4v) is 4.37. The second-order valence-electron chi connectivity index (χ2n) is 6.24. The predicted octanol–water partition coefficient (Wildman–Crippen LogP) is 4.40. The molecular formula is C20H24N2OS. The molecule has 1 atom stereocenters. The van der Waals surface area contributed by atoms with Crippen molar-refractivity contribution in [2.24, 2.45) is 5.73 Å². The van der Waals surface area contributed by atoms with Gasteiger partial charge in [0.15, 0.2) is 0 Å². The number of rotatable bonds is 6. The molecule has 2 aromatic carbocycles. The lowest BCUT2D eigenvalue weighted by Crippen LogP contribution is -2.27. The number of thioether (sulfide) groups is 1. The molecule has 24 heavy (non-hydrogen) atoms. The van der Waals surface area contributed by atoms with Crippen molar-refractivity contribution in [1.29, 1.82) is 0 Å². The first-order chi connectivity index (χ1) is 11.8. The number of carbonyl (C=O) groups excluding carboxylic acids is 1. The van der Waals surface area contributed by atoms with E-state index in [-0.39, 0.29) is 11.8 Å². The van der Waals surface area contributed by atoms with Crippen molar-refractivity contribution in [2.45, 2.75) is 41.7 Å². The van der Waals surface area contributed by atoms with Crippen LogP contribution >= 0.6 is 11.8 Å². The lowest BCUT2D eigenvalue weighted by atomic mass is 9.98. The average Bonchev–Trinajstić information content (AvgIpc) is 3.11. The number of hydrogen-bond acceptors (Lipinski definition) is 3. The van der Waals surface area contributed by atoms with Gasteiger partial charge in [-0.2, -0.15) is 0 Å². The van der Waals surface area contributed by atoms with E-state index in [9.17, 15) is 4.79 Å². The number of carbonyl (C=O) groups is 1. The van der Waals surface area contributed by atoms with Crippen molar-refractivity contribution >= 4 is 23.4 Å². The molecule has 0 aliphatic heterocycles. The SMILES string of the molecule is NCC(C(=O)Nc1ccc(SC2CCCC2)cc1)c1ccccc1. The standard InChI is InChI=1S/C20H24N2OS/c21-14-19(15-6-2-1-3-7-15)20(23)22-16-10-12-18(13-11-16)24-17-8-4-5-9-17/h1-3,6-7,10-13,17,19H,4-5,8-9,14,21H2,(H,22,23). The quantitative estimate of drug-likeness (QED) is 0.819. The highest BCUT2D eigenvalue weighted by Crippen LogP contribution is 2.35. The van der Waals surface area contributed by atoms with Gasteiger partial charge in [0.2, 0.25) is 5.91 Å². The molecular weight excluding hydrogens is 316 g/mol. The Bertz CT molecular complexity index is 651. The third kappa shape index (κ3) is 4.40. The first-order valence-corrected chi connectivity index (χ1v) is 9.47. The number of nitrogens with two attached hydrogens (primary N) is 1. The largest absolute Gasteiger partial charge is 0.329 e. The second-order valence-corrected chi connectivity index (χ2v) is 7.61. The van der Waals surface area contributed by atoms with Gasteiger partial charge in [-0.15, -0.1) is 11.8 Å². The Morgan fingerprint density at radius 1 is 1.08 bits per heavy atom. The van der Waals surface area contributed by atoms with Crippen LogP contribution in [0.25, 0.3) is 0 Å². The molecule has 1 unspecified atom stereocenters. The summed E-state index contributed by atoms with van der Waals surface area (Å²) in [5.74, 6) is -0.376. The van der Waals surface area contributed by atoms with Crippen LogP contribution in [0.4, 0.5) is 5.69 Å². The fourth-order valence-electron chi connectivity index (χ4n) is 3.12. The van der Waals surface area contributed by atoms with Crippen molar-refractivity contribution in [1.82, 2.24) is 0 Å². The van der Waals surface area contributed by atoms with Crippen LogP contribution in [0.1, 0.15) is 37.2 Å². The second kappa shape index (κ2) is 8.36. The van der Waals surface area contributed by atoms with E-state index >= 15 is 0 Å². The highest BCUT2D eigenvalue weighted by Gasteiger charge is 2.19. The normalized spacial score (nSPS) is 16.0. The molecule has 1 aliphatic rings. The number of benzene rings is 2. The summed E-state index contributed by atoms with van der Waals surface area (Å²) in [6.45, 7) is 0.297. The Kier molecular flexibility index (Phi) is 5.94. The molecule has 0 bridgehead atoms. The van der Waals surface area contributed by atoms with Crippen LogP contribution < -0.4 is 11.1 Å². The Labute approximate surface area is 148 Å². The molecule has 3 nitrogen and oxygen atoms in total. The summed E-state index contributed by atoms with van der Waals surface area (Å²) in [6, 6.07) is 17.8. The van der Waals surface area contributed by atoms with E-state index < -0.39 is 0 Å². The summed E-state index contributed by atoms with van der Waals surface area (Å²) in [6.07, 6.45) is 5.34. The topological polar surface area (TPSA) is 55.1 Å². The van der Waals surface area contributed by atoms with E-state index in [2.05, 4.69) is 17.4 Å². The first-order valence-electron chi connectivity index (χ1n) is 8.59. The van der Waals surface area contributed by atoms with Crippen LogP contribution in [0.2, 0.25) is 0 Å². The monoisotopic (exact) mass is 340 g/mol. The maximum atomic E-state index is 12.5. The average molecular weight is 340 g/mol. The number of nitrogens with one attached hydrogen (secondary N) is 1. The van der Waals surface area contributed by atoms with Crippen LogP contribution in [0.3, 0.4) is 0 Å². The van der Waals surface area contributed by atoms with Gasteiger partial charge in [-0.1, -0.05) is 43.2 Å². The van der Waals surface area contributed by atoms with Crippen molar-refractivity contribution in [3.63, 3.8) is 0 Å². The molecule has 0 spiro atoms. The zero-order valence-electron chi connectivity index (χ0n) is 13.8. The lowest BCUT2D eigenvalue weighted by molar-refractivity contribution is -0.117. The van der Waals surface area contributed by atoms with E-state index in [1.807, 2.05) is 54.2 Å². The third-order valence-corrected chi connectivity index (χ3v) is 5.83. The molecule has 3 N–H and O–H groups in total. The van der Waals surface area contributed by atoms with Gasteiger partial charge < -0.3 is 11.1 Å². The van der Waals surface area contributed by atoms with Gasteiger partial charge in [0.25, 0.3) is 0 Å². The van der Waals surface area contributed by atoms with Crippen LogP contribution in [0, 0.1) is 0 Å². The van der Waals surface area contributed by atoms with E-state index in [4.69, 9.17) is 5.73 Å². The maximum Gasteiger partial charge on any atom is 0.233 e. The molecule has 1 fully saturated rings. The number of hydrogen-bond donors (Lipinski definition) is 2. The van der Waals surface area contributed by atoms with E-state index in [0.29, 0.717) is 6.54 Å². The molecule has 2 aromatic rings. The van der Waals surface area contributed by atoms with Crippen LogP contribution in [0.5, 0.6) is 0 Å². The van der Waals surface area contributed by atoms with Crippen LogP contribution in [0.15, 0.2) is 59.5 Å². The molecule has 1 amide bonds. The summed E-state index contributed by atoms with van der Waals surface area (Å²) in [5.41, 5.74) is 7.58. The molecule has 0 saturated heterocycles. The van der Waals surface area contributed by atoms with Gasteiger partial charge in [0, 0.05) is 22.4 Å². The summed E-state index contributed by atoms with van der Waals surface area (Å²) < 4.78 is 0. The number of amides is 1. The minimum absolute atomic E-state index is 0.0557. The predicted molar refractivity (Wildman–Crippen MR) is 101 cm³/mol. The van der Waals surface area contributed by atoms with E-state index in [1.165, 1.54) is 30.6 Å². The van der Waals surface area contributed by atoms with Gasteiger partial charge in [0.1, 0.15) is 0 Å². The summed E-state index contributed by atoms with van der Waals surface area (Å²) >= 11 is 1.95. The van der Waals surface area contributed by atoms with Gasteiger partial charge >= 0.3 is 0 Å². The highest BCUT2D eigenvalue weighted by atomic mass is 32.2. The molecule has 4 heteroatoms. The molecule has 0 heterocycles. The first kappa shape index (κ1) is 17.1. The lowest BCUT2D eigenvalue weighted by Gasteiger charge is -2.15. The minimum atomic E-state index is -0.321. The van der Waals surface area contributed by atoms with Gasteiger partial charge in [-0.3, -0.25) is 4.79 Å². The Hall–Kier alpha value is -1.78. The smallest absolute Gasteiger partial charge is 0.233 e. The van der Waals surface area contributed by atoms with Crippen LogP contribution in [-0.4, -0.2) is 17.7 Å². The Balaban J connectivity index is 1.61. The van der Waals surface area contributed by atoms with Crippen molar-refractivity contribution < 1.29 is 4.79 Å². The zero-order valence-corrected chi connectivity index (χ0v) is 14.6.